The van der Waals surface area contributed by atoms with Gasteiger partial charge in [-0.2, -0.15) is 0 Å². The molecule has 8 heteroatoms. The lowest BCUT2D eigenvalue weighted by atomic mass is 10.2. The molecular formula is C18H19F3N2O3. The normalized spacial score (nSPS) is 12.2. The van der Waals surface area contributed by atoms with E-state index >= 15 is 0 Å². The summed E-state index contributed by atoms with van der Waals surface area (Å²) >= 11 is 0. The van der Waals surface area contributed by atoms with E-state index in [-0.39, 0.29) is 11.7 Å². The standard InChI is InChI=1S/C18H19F3N2O3/c1-3-25-16-7-5-4-6-15(16)22-12(2)17(24)23-13-8-10-14(11-9-13)26-18(19,20)21/h4-12,22H,3H2,1-2H3,(H,23,24)/t12-/m0/s1. The summed E-state index contributed by atoms with van der Waals surface area (Å²) in [5, 5.41) is 5.67. The maximum Gasteiger partial charge on any atom is 0.573 e. The second-order valence-corrected chi connectivity index (χ2v) is 5.36. The van der Waals surface area contributed by atoms with Crippen molar-refractivity contribution in [1.82, 2.24) is 0 Å². The minimum atomic E-state index is -4.75. The van der Waals surface area contributed by atoms with Gasteiger partial charge in [0.25, 0.3) is 0 Å². The van der Waals surface area contributed by atoms with Crippen LogP contribution in [0.2, 0.25) is 0 Å². The average Bonchev–Trinajstić information content (AvgIpc) is 2.57. The van der Waals surface area contributed by atoms with Crippen LogP contribution in [0.25, 0.3) is 0 Å². The molecule has 140 valence electrons. The lowest BCUT2D eigenvalue weighted by molar-refractivity contribution is -0.274. The first-order valence-electron chi connectivity index (χ1n) is 7.93. The van der Waals surface area contributed by atoms with Crippen molar-refractivity contribution in [2.24, 2.45) is 0 Å². The molecule has 0 saturated carbocycles. The minimum absolute atomic E-state index is 0.346. The van der Waals surface area contributed by atoms with E-state index in [0.29, 0.717) is 23.7 Å². The Morgan fingerprint density at radius 1 is 1.12 bits per heavy atom. The number of carbonyl (C=O) groups excluding carboxylic acids is 1. The molecule has 2 aromatic carbocycles. The predicted octanol–water partition coefficient (Wildman–Crippen LogP) is 4.42. The molecule has 0 bridgehead atoms. The number of hydrogen-bond acceptors (Lipinski definition) is 4. The zero-order valence-corrected chi connectivity index (χ0v) is 14.3. The molecule has 0 aliphatic heterocycles. The van der Waals surface area contributed by atoms with Crippen molar-refractivity contribution >= 4 is 17.3 Å². The summed E-state index contributed by atoms with van der Waals surface area (Å²) in [6.45, 7) is 4.02. The van der Waals surface area contributed by atoms with Gasteiger partial charge in [0.15, 0.2) is 0 Å². The van der Waals surface area contributed by atoms with Gasteiger partial charge in [0.2, 0.25) is 5.91 Å². The number of carbonyl (C=O) groups is 1. The van der Waals surface area contributed by atoms with Gasteiger partial charge in [-0.1, -0.05) is 12.1 Å². The first-order valence-corrected chi connectivity index (χ1v) is 7.93. The Hall–Kier alpha value is -2.90. The molecule has 0 radical (unpaired) electrons. The fourth-order valence-corrected chi connectivity index (χ4v) is 2.16. The highest BCUT2D eigenvalue weighted by Crippen LogP contribution is 2.25. The van der Waals surface area contributed by atoms with Gasteiger partial charge < -0.3 is 20.1 Å². The number of amides is 1. The molecule has 0 aliphatic carbocycles. The van der Waals surface area contributed by atoms with Crippen LogP contribution in [0.5, 0.6) is 11.5 Å². The Labute approximate surface area is 149 Å². The van der Waals surface area contributed by atoms with Crippen molar-refractivity contribution < 1.29 is 27.4 Å². The quantitative estimate of drug-likeness (QED) is 0.759. The molecule has 5 nitrogen and oxygen atoms in total. The molecule has 2 rings (SSSR count). The van der Waals surface area contributed by atoms with E-state index < -0.39 is 12.4 Å². The summed E-state index contributed by atoms with van der Waals surface area (Å²) in [6.07, 6.45) is -4.75. The molecule has 0 aliphatic rings. The van der Waals surface area contributed by atoms with Crippen molar-refractivity contribution in [1.29, 1.82) is 0 Å². The van der Waals surface area contributed by atoms with Crippen LogP contribution >= 0.6 is 0 Å². The number of ether oxygens (including phenoxy) is 2. The van der Waals surface area contributed by atoms with E-state index in [1.54, 1.807) is 19.1 Å². The maximum absolute atomic E-state index is 12.3. The molecule has 1 amide bonds. The van der Waals surface area contributed by atoms with Crippen molar-refractivity contribution in [3.63, 3.8) is 0 Å². The summed E-state index contributed by atoms with van der Waals surface area (Å²) in [4.78, 5) is 12.3. The highest BCUT2D eigenvalue weighted by Gasteiger charge is 2.31. The Kier molecular flexibility index (Phi) is 6.32. The van der Waals surface area contributed by atoms with Gasteiger partial charge in [0, 0.05) is 5.69 Å². The van der Waals surface area contributed by atoms with E-state index in [4.69, 9.17) is 4.74 Å². The zero-order chi connectivity index (χ0) is 19.2. The Balaban J connectivity index is 1.97. The molecule has 26 heavy (non-hydrogen) atoms. The van der Waals surface area contributed by atoms with Gasteiger partial charge >= 0.3 is 6.36 Å². The second-order valence-electron chi connectivity index (χ2n) is 5.36. The van der Waals surface area contributed by atoms with Crippen LogP contribution in [-0.2, 0) is 4.79 Å². The highest BCUT2D eigenvalue weighted by atomic mass is 19.4. The molecule has 0 unspecified atom stereocenters. The van der Waals surface area contributed by atoms with Crippen LogP contribution in [0, 0.1) is 0 Å². The Bertz CT molecular complexity index is 733. The maximum atomic E-state index is 12.3. The third kappa shape index (κ3) is 5.87. The first kappa shape index (κ1) is 19.4. The summed E-state index contributed by atoms with van der Waals surface area (Å²) < 4.78 is 45.7. The van der Waals surface area contributed by atoms with E-state index in [0.717, 1.165) is 12.1 Å². The number of nitrogens with one attached hydrogen (secondary N) is 2. The average molecular weight is 368 g/mol. The Morgan fingerprint density at radius 2 is 1.77 bits per heavy atom. The number of hydrogen-bond donors (Lipinski definition) is 2. The van der Waals surface area contributed by atoms with E-state index in [1.807, 2.05) is 19.1 Å². The van der Waals surface area contributed by atoms with Crippen LogP contribution < -0.4 is 20.1 Å². The number of anilines is 2. The van der Waals surface area contributed by atoms with Crippen LogP contribution in [0.1, 0.15) is 13.8 Å². The summed E-state index contributed by atoms with van der Waals surface area (Å²) in [5.41, 5.74) is 1.03. The van der Waals surface area contributed by atoms with Crippen molar-refractivity contribution in [2.45, 2.75) is 26.3 Å². The molecule has 0 spiro atoms. The monoisotopic (exact) mass is 368 g/mol. The second kappa shape index (κ2) is 8.46. The lowest BCUT2D eigenvalue weighted by Gasteiger charge is -2.18. The lowest BCUT2D eigenvalue weighted by Crippen LogP contribution is -2.32. The predicted molar refractivity (Wildman–Crippen MR) is 92.5 cm³/mol. The highest BCUT2D eigenvalue weighted by molar-refractivity contribution is 5.96. The number of rotatable bonds is 7. The Morgan fingerprint density at radius 3 is 2.38 bits per heavy atom. The minimum Gasteiger partial charge on any atom is -0.492 e. The summed E-state index contributed by atoms with van der Waals surface area (Å²) in [7, 11) is 0. The van der Waals surface area contributed by atoms with Crippen molar-refractivity contribution in [3.8, 4) is 11.5 Å². The molecule has 1 atom stereocenters. The summed E-state index contributed by atoms with van der Waals surface area (Å²) in [6, 6.07) is 11.5. The molecule has 0 saturated heterocycles. The fraction of sp³-hybridized carbons (Fsp3) is 0.278. The molecule has 0 aromatic heterocycles. The third-order valence-electron chi connectivity index (χ3n) is 3.31. The molecule has 2 aromatic rings. The van der Waals surface area contributed by atoms with Gasteiger partial charge in [-0.05, 0) is 50.2 Å². The van der Waals surface area contributed by atoms with Gasteiger partial charge in [-0.3, -0.25) is 4.79 Å². The molecule has 0 fully saturated rings. The van der Waals surface area contributed by atoms with Crippen LogP contribution in [0.3, 0.4) is 0 Å². The smallest absolute Gasteiger partial charge is 0.492 e. The van der Waals surface area contributed by atoms with Crippen LogP contribution in [0.15, 0.2) is 48.5 Å². The van der Waals surface area contributed by atoms with E-state index in [9.17, 15) is 18.0 Å². The van der Waals surface area contributed by atoms with Gasteiger partial charge in [-0.15, -0.1) is 13.2 Å². The molecule has 0 heterocycles. The fourth-order valence-electron chi connectivity index (χ4n) is 2.16. The van der Waals surface area contributed by atoms with Crippen LogP contribution in [0.4, 0.5) is 24.5 Å². The number of benzene rings is 2. The SMILES string of the molecule is CCOc1ccccc1N[C@@H](C)C(=O)Nc1ccc(OC(F)(F)F)cc1. The number of para-hydroxylation sites is 2. The number of alkyl halides is 3. The third-order valence-corrected chi connectivity index (χ3v) is 3.31. The van der Waals surface area contributed by atoms with Crippen molar-refractivity contribution in [2.75, 3.05) is 17.2 Å². The molecular weight excluding hydrogens is 349 g/mol. The number of halogens is 3. The van der Waals surface area contributed by atoms with Crippen LogP contribution in [-0.4, -0.2) is 24.9 Å². The van der Waals surface area contributed by atoms with Gasteiger partial charge in [0.1, 0.15) is 17.5 Å². The zero-order valence-electron chi connectivity index (χ0n) is 14.3. The molecule has 2 N–H and O–H groups in total. The summed E-state index contributed by atoms with van der Waals surface area (Å²) in [5.74, 6) is -0.0728. The van der Waals surface area contributed by atoms with E-state index in [2.05, 4.69) is 15.4 Å². The van der Waals surface area contributed by atoms with Gasteiger partial charge in [-0.25, -0.2) is 0 Å². The van der Waals surface area contributed by atoms with Gasteiger partial charge in [0.05, 0.1) is 12.3 Å². The first-order chi connectivity index (χ1) is 12.3. The van der Waals surface area contributed by atoms with E-state index in [1.165, 1.54) is 12.1 Å². The largest absolute Gasteiger partial charge is 0.573 e. The topological polar surface area (TPSA) is 59.6 Å². The van der Waals surface area contributed by atoms with Crippen molar-refractivity contribution in [3.05, 3.63) is 48.5 Å².